The van der Waals surface area contributed by atoms with Gasteiger partial charge >= 0.3 is 0 Å². The lowest BCUT2D eigenvalue weighted by Crippen LogP contribution is -2.61. The van der Waals surface area contributed by atoms with Crippen molar-refractivity contribution in [3.8, 4) is 0 Å². The summed E-state index contributed by atoms with van der Waals surface area (Å²) in [5.41, 5.74) is 0. The van der Waals surface area contributed by atoms with Crippen LogP contribution in [-0.4, -0.2) is 48.4 Å². The summed E-state index contributed by atoms with van der Waals surface area (Å²) in [4.78, 5) is 16.8. The Morgan fingerprint density at radius 1 is 1.06 bits per heavy atom. The molecule has 18 heavy (non-hydrogen) atoms. The quantitative estimate of drug-likeness (QED) is 0.760. The topological polar surface area (TPSA) is 23.6 Å². The zero-order valence-electron chi connectivity index (χ0n) is 11.8. The van der Waals surface area contributed by atoms with E-state index in [0.29, 0.717) is 11.8 Å². The molecule has 0 spiro atoms. The van der Waals surface area contributed by atoms with Crippen molar-refractivity contribution in [3.63, 3.8) is 0 Å². The first-order chi connectivity index (χ1) is 8.71. The molecule has 3 nitrogen and oxygen atoms in total. The zero-order valence-corrected chi connectivity index (χ0v) is 11.8. The third kappa shape index (κ3) is 2.07. The maximum absolute atomic E-state index is 12.2. The average molecular weight is 250 g/mol. The van der Waals surface area contributed by atoms with Gasteiger partial charge in [0.2, 0.25) is 5.91 Å². The maximum Gasteiger partial charge on any atom is 0.225 e. The predicted octanol–water partition coefficient (Wildman–Crippen LogP) is 1.83. The van der Waals surface area contributed by atoms with Gasteiger partial charge < -0.3 is 9.80 Å². The minimum atomic E-state index is 0.379. The molecule has 0 bridgehead atoms. The molecule has 0 atom stereocenters. The molecule has 3 rings (SSSR count). The van der Waals surface area contributed by atoms with Gasteiger partial charge in [0.1, 0.15) is 0 Å². The Labute approximate surface area is 111 Å². The van der Waals surface area contributed by atoms with E-state index in [0.717, 1.165) is 43.7 Å². The van der Waals surface area contributed by atoms with Crippen molar-refractivity contribution >= 4 is 5.91 Å². The highest BCUT2D eigenvalue weighted by Gasteiger charge is 2.44. The third-order valence-corrected chi connectivity index (χ3v) is 5.48. The van der Waals surface area contributed by atoms with Crippen molar-refractivity contribution in [2.45, 2.75) is 33.1 Å². The second kappa shape index (κ2) is 4.84. The zero-order chi connectivity index (χ0) is 12.7. The summed E-state index contributed by atoms with van der Waals surface area (Å²) in [6.45, 7) is 10.3. The normalized spacial score (nSPS) is 33.8. The van der Waals surface area contributed by atoms with E-state index in [-0.39, 0.29) is 0 Å². The second-order valence-electron chi connectivity index (χ2n) is 6.56. The Bertz CT molecular complexity index is 312. The van der Waals surface area contributed by atoms with Crippen molar-refractivity contribution in [3.05, 3.63) is 0 Å². The molecule has 0 N–H and O–H groups in total. The number of hydrogen-bond donors (Lipinski definition) is 0. The molecule has 2 saturated heterocycles. The summed E-state index contributed by atoms with van der Waals surface area (Å²) < 4.78 is 0. The molecule has 2 heterocycles. The Morgan fingerprint density at radius 3 is 2.22 bits per heavy atom. The fraction of sp³-hybridized carbons (Fsp3) is 0.933. The van der Waals surface area contributed by atoms with Gasteiger partial charge in [-0.2, -0.15) is 0 Å². The molecule has 1 saturated carbocycles. The van der Waals surface area contributed by atoms with Gasteiger partial charge in [0.15, 0.2) is 0 Å². The van der Waals surface area contributed by atoms with Crippen LogP contribution in [0.3, 0.4) is 0 Å². The van der Waals surface area contributed by atoms with Crippen LogP contribution in [0.4, 0.5) is 0 Å². The highest BCUT2D eigenvalue weighted by Crippen LogP contribution is 2.39. The fourth-order valence-electron chi connectivity index (χ4n) is 3.69. The van der Waals surface area contributed by atoms with Gasteiger partial charge in [-0.3, -0.25) is 4.79 Å². The number of carbonyl (C=O) groups excluding carboxylic acids is 1. The van der Waals surface area contributed by atoms with Crippen molar-refractivity contribution in [1.29, 1.82) is 0 Å². The summed E-state index contributed by atoms with van der Waals surface area (Å²) >= 11 is 0. The van der Waals surface area contributed by atoms with Crippen LogP contribution >= 0.6 is 0 Å². The van der Waals surface area contributed by atoms with Gasteiger partial charge in [-0.25, -0.2) is 0 Å². The first kappa shape index (κ1) is 12.5. The van der Waals surface area contributed by atoms with Gasteiger partial charge in [0, 0.05) is 32.1 Å². The van der Waals surface area contributed by atoms with Crippen LogP contribution in [-0.2, 0) is 4.79 Å². The summed E-state index contributed by atoms with van der Waals surface area (Å²) in [6.07, 6.45) is 3.56. The van der Waals surface area contributed by atoms with Crippen LogP contribution in [0.1, 0.15) is 33.1 Å². The fourth-order valence-corrected chi connectivity index (χ4v) is 3.69. The number of nitrogens with zero attached hydrogens (tertiary/aromatic N) is 2. The largest absolute Gasteiger partial charge is 0.342 e. The molecule has 3 fully saturated rings. The highest BCUT2D eigenvalue weighted by molar-refractivity contribution is 5.80. The van der Waals surface area contributed by atoms with Crippen molar-refractivity contribution in [1.82, 2.24) is 9.80 Å². The van der Waals surface area contributed by atoms with Gasteiger partial charge in [0.05, 0.1) is 0 Å². The molecular formula is C15H26N2O. The Balaban J connectivity index is 1.36. The van der Waals surface area contributed by atoms with Gasteiger partial charge in [-0.05, 0) is 37.1 Å². The maximum atomic E-state index is 12.2. The van der Waals surface area contributed by atoms with Crippen molar-refractivity contribution < 1.29 is 4.79 Å². The lowest BCUT2D eigenvalue weighted by Gasteiger charge is -2.52. The van der Waals surface area contributed by atoms with Gasteiger partial charge in [0.25, 0.3) is 0 Å². The molecule has 0 aromatic rings. The number of hydrogen-bond acceptors (Lipinski definition) is 2. The molecule has 0 aromatic heterocycles. The van der Waals surface area contributed by atoms with E-state index in [1.807, 2.05) is 0 Å². The number of carbonyl (C=O) groups is 1. The standard InChI is InChI=1S/C15H26N2O/c1-3-11-5-12(6-11)15(18)17-9-14(10-17)13-7-16(4-2)8-13/h11-14H,3-10H2,1-2H3. The second-order valence-corrected chi connectivity index (χ2v) is 6.56. The molecule has 0 radical (unpaired) electrons. The van der Waals surface area contributed by atoms with E-state index < -0.39 is 0 Å². The van der Waals surface area contributed by atoms with Crippen molar-refractivity contribution in [2.24, 2.45) is 23.7 Å². The molecule has 0 unspecified atom stereocenters. The van der Waals surface area contributed by atoms with E-state index in [2.05, 4.69) is 23.6 Å². The Kier molecular flexibility index (Phi) is 3.35. The molecule has 1 amide bonds. The van der Waals surface area contributed by atoms with Crippen LogP contribution in [0.5, 0.6) is 0 Å². The predicted molar refractivity (Wildman–Crippen MR) is 72.2 cm³/mol. The van der Waals surface area contributed by atoms with Crippen LogP contribution in [0.2, 0.25) is 0 Å². The summed E-state index contributed by atoms with van der Waals surface area (Å²) in [5.74, 6) is 3.35. The lowest BCUT2D eigenvalue weighted by atomic mass is 9.72. The smallest absolute Gasteiger partial charge is 0.225 e. The van der Waals surface area contributed by atoms with Gasteiger partial charge in [-0.15, -0.1) is 0 Å². The van der Waals surface area contributed by atoms with E-state index >= 15 is 0 Å². The van der Waals surface area contributed by atoms with Crippen LogP contribution in [0, 0.1) is 23.7 Å². The minimum Gasteiger partial charge on any atom is -0.342 e. The van der Waals surface area contributed by atoms with Crippen LogP contribution in [0.25, 0.3) is 0 Å². The molecule has 3 heteroatoms. The molecule has 3 aliphatic rings. The first-order valence-corrected chi connectivity index (χ1v) is 7.72. The van der Waals surface area contributed by atoms with E-state index in [1.54, 1.807) is 0 Å². The summed E-state index contributed by atoms with van der Waals surface area (Å²) in [7, 11) is 0. The van der Waals surface area contributed by atoms with E-state index in [1.165, 1.54) is 26.1 Å². The minimum absolute atomic E-state index is 0.379. The number of likely N-dealkylation sites (tertiary alicyclic amines) is 2. The monoisotopic (exact) mass is 250 g/mol. The lowest BCUT2D eigenvalue weighted by molar-refractivity contribution is -0.150. The molecule has 102 valence electrons. The number of rotatable bonds is 4. The molecule has 1 aliphatic carbocycles. The Hall–Kier alpha value is -0.570. The first-order valence-electron chi connectivity index (χ1n) is 7.72. The van der Waals surface area contributed by atoms with E-state index in [9.17, 15) is 4.79 Å². The third-order valence-electron chi connectivity index (χ3n) is 5.48. The van der Waals surface area contributed by atoms with E-state index in [4.69, 9.17) is 0 Å². The van der Waals surface area contributed by atoms with Crippen molar-refractivity contribution in [2.75, 3.05) is 32.7 Å². The SMILES string of the molecule is CCC1CC(C(=O)N2CC(C3CN(CC)C3)C2)C1. The average Bonchev–Trinajstić information content (AvgIpc) is 2.17. The van der Waals surface area contributed by atoms with Crippen LogP contribution in [0.15, 0.2) is 0 Å². The molecule has 2 aliphatic heterocycles. The summed E-state index contributed by atoms with van der Waals surface area (Å²) in [5, 5.41) is 0. The molecule has 0 aromatic carbocycles. The van der Waals surface area contributed by atoms with Crippen LogP contribution < -0.4 is 0 Å². The number of amides is 1. The summed E-state index contributed by atoms with van der Waals surface area (Å²) in [6, 6.07) is 0. The molecular weight excluding hydrogens is 224 g/mol. The highest BCUT2D eigenvalue weighted by atomic mass is 16.2. The van der Waals surface area contributed by atoms with Gasteiger partial charge in [-0.1, -0.05) is 20.3 Å². The Morgan fingerprint density at radius 2 is 1.67 bits per heavy atom.